The van der Waals surface area contributed by atoms with Gasteiger partial charge < -0.3 is 10.1 Å². The van der Waals surface area contributed by atoms with Crippen LogP contribution in [-0.4, -0.2) is 31.6 Å². The van der Waals surface area contributed by atoms with Crippen LogP contribution >= 0.6 is 23.7 Å². The van der Waals surface area contributed by atoms with Crippen molar-refractivity contribution in [1.29, 1.82) is 0 Å². The number of nitrogens with zero attached hydrogens (tertiary/aromatic N) is 1. The van der Waals surface area contributed by atoms with E-state index in [1.807, 2.05) is 23.5 Å². The SMILES string of the molecule is COc1ccccc1C1CNCCN1Cc1cccs1.Cl. The van der Waals surface area contributed by atoms with Crippen LogP contribution in [0, 0.1) is 0 Å². The van der Waals surface area contributed by atoms with Crippen molar-refractivity contribution in [2.24, 2.45) is 0 Å². The van der Waals surface area contributed by atoms with E-state index in [1.54, 1.807) is 7.11 Å². The summed E-state index contributed by atoms with van der Waals surface area (Å²) in [5.41, 5.74) is 1.28. The van der Waals surface area contributed by atoms with Crippen LogP contribution in [0.25, 0.3) is 0 Å². The van der Waals surface area contributed by atoms with Crippen molar-refractivity contribution < 1.29 is 4.74 Å². The Morgan fingerprint density at radius 2 is 2.14 bits per heavy atom. The zero-order valence-corrected chi connectivity index (χ0v) is 13.8. The van der Waals surface area contributed by atoms with Gasteiger partial charge in [-0.05, 0) is 17.5 Å². The van der Waals surface area contributed by atoms with Gasteiger partial charge in [0.05, 0.1) is 13.2 Å². The van der Waals surface area contributed by atoms with Gasteiger partial charge in [0.2, 0.25) is 0 Å². The number of ether oxygens (including phenoxy) is 1. The Morgan fingerprint density at radius 3 is 2.90 bits per heavy atom. The van der Waals surface area contributed by atoms with Gasteiger partial charge in [-0.25, -0.2) is 0 Å². The summed E-state index contributed by atoms with van der Waals surface area (Å²) in [6.07, 6.45) is 0. The summed E-state index contributed by atoms with van der Waals surface area (Å²) in [4.78, 5) is 3.96. The zero-order valence-electron chi connectivity index (χ0n) is 12.1. The second-order valence-corrected chi connectivity index (χ2v) is 6.04. The van der Waals surface area contributed by atoms with Crippen LogP contribution in [0.3, 0.4) is 0 Å². The van der Waals surface area contributed by atoms with Crippen LogP contribution in [0.4, 0.5) is 0 Å². The van der Waals surface area contributed by atoms with Gasteiger partial charge in [0.1, 0.15) is 5.75 Å². The molecule has 3 nitrogen and oxygen atoms in total. The van der Waals surface area contributed by atoms with Crippen LogP contribution in [0.15, 0.2) is 41.8 Å². The Balaban J connectivity index is 0.00000161. The van der Waals surface area contributed by atoms with Crippen LogP contribution in [0.2, 0.25) is 0 Å². The highest BCUT2D eigenvalue weighted by molar-refractivity contribution is 7.09. The van der Waals surface area contributed by atoms with Gasteiger partial charge in [0.25, 0.3) is 0 Å². The van der Waals surface area contributed by atoms with E-state index >= 15 is 0 Å². The van der Waals surface area contributed by atoms with Crippen LogP contribution < -0.4 is 10.1 Å². The van der Waals surface area contributed by atoms with Gasteiger partial charge in [-0.15, -0.1) is 23.7 Å². The van der Waals surface area contributed by atoms with E-state index in [9.17, 15) is 0 Å². The standard InChI is InChI=1S/C16H20N2OS.ClH/c1-19-16-7-3-2-6-14(16)15-11-17-8-9-18(15)12-13-5-4-10-20-13;/h2-7,10,15,17H,8-9,11-12H2,1H3;1H. The normalized spacial score (nSPS) is 19.0. The van der Waals surface area contributed by atoms with Gasteiger partial charge >= 0.3 is 0 Å². The Bertz CT molecular complexity index is 547. The van der Waals surface area contributed by atoms with Crippen LogP contribution in [-0.2, 0) is 6.54 Å². The first-order valence-corrected chi connectivity index (χ1v) is 7.86. The molecule has 1 aromatic heterocycles. The Labute approximate surface area is 136 Å². The molecule has 114 valence electrons. The maximum Gasteiger partial charge on any atom is 0.123 e. The smallest absolute Gasteiger partial charge is 0.123 e. The topological polar surface area (TPSA) is 24.5 Å². The summed E-state index contributed by atoms with van der Waals surface area (Å²) in [6, 6.07) is 13.1. The molecule has 0 saturated carbocycles. The second-order valence-electron chi connectivity index (χ2n) is 5.01. The van der Waals surface area contributed by atoms with Gasteiger partial charge in [-0.2, -0.15) is 0 Å². The molecule has 0 radical (unpaired) electrons. The maximum absolute atomic E-state index is 5.53. The van der Waals surface area contributed by atoms with Crippen molar-refractivity contribution in [3.63, 3.8) is 0 Å². The van der Waals surface area contributed by atoms with Gasteiger partial charge in [-0.3, -0.25) is 4.90 Å². The lowest BCUT2D eigenvalue weighted by atomic mass is 10.0. The third-order valence-corrected chi connectivity index (χ3v) is 4.65. The lowest BCUT2D eigenvalue weighted by Gasteiger charge is -2.36. The summed E-state index contributed by atoms with van der Waals surface area (Å²) in [5.74, 6) is 0.984. The third-order valence-electron chi connectivity index (χ3n) is 3.79. The molecular formula is C16H21ClN2OS. The minimum atomic E-state index is 0. The summed E-state index contributed by atoms with van der Waals surface area (Å²) < 4.78 is 5.53. The molecule has 1 unspecified atom stereocenters. The summed E-state index contributed by atoms with van der Waals surface area (Å²) in [6.45, 7) is 4.12. The molecule has 1 aliphatic rings. The molecule has 1 fully saturated rings. The molecule has 0 amide bonds. The molecule has 1 atom stereocenters. The fourth-order valence-corrected chi connectivity index (χ4v) is 3.52. The van der Waals surface area contributed by atoms with Crippen LogP contribution in [0.5, 0.6) is 5.75 Å². The van der Waals surface area contributed by atoms with E-state index in [4.69, 9.17) is 4.74 Å². The Hall–Kier alpha value is -1.07. The van der Waals surface area contributed by atoms with E-state index < -0.39 is 0 Å². The largest absolute Gasteiger partial charge is 0.496 e. The molecule has 3 rings (SSSR count). The minimum Gasteiger partial charge on any atom is -0.496 e. The molecule has 5 heteroatoms. The molecule has 2 heterocycles. The molecule has 0 bridgehead atoms. The van der Waals surface area contributed by atoms with Crippen LogP contribution in [0.1, 0.15) is 16.5 Å². The monoisotopic (exact) mass is 324 g/mol. The number of rotatable bonds is 4. The zero-order chi connectivity index (χ0) is 13.8. The molecule has 1 aromatic carbocycles. The van der Waals surface area contributed by atoms with E-state index in [0.717, 1.165) is 31.9 Å². The van der Waals surface area contributed by atoms with Crippen molar-refractivity contribution in [2.75, 3.05) is 26.7 Å². The fourth-order valence-electron chi connectivity index (χ4n) is 2.79. The summed E-state index contributed by atoms with van der Waals surface area (Å²) >= 11 is 1.83. The number of para-hydroxylation sites is 1. The predicted molar refractivity (Wildman–Crippen MR) is 90.6 cm³/mol. The number of nitrogens with one attached hydrogen (secondary N) is 1. The third kappa shape index (κ3) is 3.77. The summed E-state index contributed by atoms with van der Waals surface area (Å²) in [5, 5.41) is 5.65. The number of thiophene rings is 1. The highest BCUT2D eigenvalue weighted by Crippen LogP contribution is 2.31. The number of benzene rings is 1. The first-order chi connectivity index (χ1) is 9.88. The van der Waals surface area contributed by atoms with Gasteiger partial charge in [-0.1, -0.05) is 24.3 Å². The number of halogens is 1. The van der Waals surface area contributed by atoms with Crippen molar-refractivity contribution in [3.05, 3.63) is 52.2 Å². The molecule has 2 aromatic rings. The first-order valence-electron chi connectivity index (χ1n) is 6.98. The highest BCUT2D eigenvalue weighted by Gasteiger charge is 2.26. The number of hydrogen-bond donors (Lipinski definition) is 1. The van der Waals surface area contributed by atoms with E-state index in [1.165, 1.54) is 10.4 Å². The number of hydrogen-bond acceptors (Lipinski definition) is 4. The van der Waals surface area contributed by atoms with Crippen molar-refractivity contribution in [1.82, 2.24) is 10.2 Å². The van der Waals surface area contributed by atoms with Crippen molar-refractivity contribution in [3.8, 4) is 5.75 Å². The molecule has 1 saturated heterocycles. The minimum absolute atomic E-state index is 0. The van der Waals surface area contributed by atoms with Gasteiger partial charge in [0, 0.05) is 36.6 Å². The second kappa shape index (κ2) is 7.80. The van der Waals surface area contributed by atoms with Gasteiger partial charge in [0.15, 0.2) is 0 Å². The fraction of sp³-hybridized carbons (Fsp3) is 0.375. The molecular weight excluding hydrogens is 304 g/mol. The Kier molecular flexibility index (Phi) is 6.06. The maximum atomic E-state index is 5.53. The number of methoxy groups -OCH3 is 1. The lowest BCUT2D eigenvalue weighted by molar-refractivity contribution is 0.152. The van der Waals surface area contributed by atoms with E-state index in [2.05, 4.69) is 39.9 Å². The average Bonchev–Trinajstić information content (AvgIpc) is 3.01. The molecule has 0 spiro atoms. The molecule has 0 aliphatic carbocycles. The Morgan fingerprint density at radius 1 is 1.29 bits per heavy atom. The van der Waals surface area contributed by atoms with Crippen molar-refractivity contribution in [2.45, 2.75) is 12.6 Å². The summed E-state index contributed by atoms with van der Waals surface area (Å²) in [7, 11) is 1.75. The first kappa shape index (κ1) is 16.3. The number of piperazine rings is 1. The molecule has 21 heavy (non-hydrogen) atoms. The molecule has 1 aliphatic heterocycles. The van der Waals surface area contributed by atoms with Crippen molar-refractivity contribution >= 4 is 23.7 Å². The average molecular weight is 325 g/mol. The van der Waals surface area contributed by atoms with E-state index in [-0.39, 0.29) is 12.4 Å². The molecule has 1 N–H and O–H groups in total. The van der Waals surface area contributed by atoms with E-state index in [0.29, 0.717) is 6.04 Å². The lowest BCUT2D eigenvalue weighted by Crippen LogP contribution is -2.45. The quantitative estimate of drug-likeness (QED) is 0.933. The highest BCUT2D eigenvalue weighted by atomic mass is 35.5. The predicted octanol–water partition coefficient (Wildman–Crippen LogP) is 3.33.